The van der Waals surface area contributed by atoms with E-state index in [1.807, 2.05) is 6.92 Å². The van der Waals surface area contributed by atoms with Crippen LogP contribution in [0.5, 0.6) is 5.75 Å². The molecule has 5 rings (SSSR count). The Morgan fingerprint density at radius 3 is 2.53 bits per heavy atom. The summed E-state index contributed by atoms with van der Waals surface area (Å²) in [5, 5.41) is 16.0. The molecule has 12 heteroatoms. The first-order valence-corrected chi connectivity index (χ1v) is 11.5. The second-order valence-electron chi connectivity index (χ2n) is 9.57. The van der Waals surface area contributed by atoms with Crippen molar-refractivity contribution >= 4 is 17.7 Å². The summed E-state index contributed by atoms with van der Waals surface area (Å²) in [6, 6.07) is 0.156. The molecule has 4 heterocycles. The van der Waals surface area contributed by atoms with Crippen LogP contribution >= 0.6 is 0 Å². The summed E-state index contributed by atoms with van der Waals surface area (Å²) in [7, 11) is 0. The average Bonchev–Trinajstić information content (AvgIpc) is 3.14. The summed E-state index contributed by atoms with van der Waals surface area (Å²) in [5.41, 5.74) is -3.30. The van der Waals surface area contributed by atoms with Crippen molar-refractivity contribution in [3.8, 4) is 5.75 Å². The Morgan fingerprint density at radius 2 is 1.89 bits per heavy atom. The maximum absolute atomic E-state index is 14.0. The number of hydrogen-bond donors (Lipinski definition) is 3. The molecule has 3 amide bonds. The van der Waals surface area contributed by atoms with Gasteiger partial charge in [-0.1, -0.05) is 0 Å². The number of pyridine rings is 1. The second kappa shape index (κ2) is 8.38. The third-order valence-electron chi connectivity index (χ3n) is 7.52. The van der Waals surface area contributed by atoms with Crippen molar-refractivity contribution in [2.45, 2.75) is 56.8 Å². The summed E-state index contributed by atoms with van der Waals surface area (Å²) in [6.07, 6.45) is 3.03. The van der Waals surface area contributed by atoms with Gasteiger partial charge in [-0.25, -0.2) is 13.2 Å². The highest BCUT2D eigenvalue weighted by atomic mass is 19.1. The first-order chi connectivity index (χ1) is 17.0. The predicted octanol–water partition coefficient (Wildman–Crippen LogP) is 1.73. The zero-order chi connectivity index (χ0) is 25.9. The molecule has 3 aliphatic heterocycles. The van der Waals surface area contributed by atoms with Gasteiger partial charge in [0.25, 0.3) is 11.8 Å². The van der Waals surface area contributed by atoms with Gasteiger partial charge in [-0.15, -0.1) is 0 Å². The molecule has 9 nitrogen and oxygen atoms in total. The Hall–Kier alpha value is -3.83. The van der Waals surface area contributed by atoms with E-state index in [2.05, 4.69) is 10.6 Å². The monoisotopic (exact) mass is 504 g/mol. The summed E-state index contributed by atoms with van der Waals surface area (Å²) in [6.45, 7) is 1.36. The number of aromatic nitrogens is 1. The summed E-state index contributed by atoms with van der Waals surface area (Å²) >= 11 is 0. The van der Waals surface area contributed by atoms with Crippen LogP contribution in [0.15, 0.2) is 23.1 Å². The van der Waals surface area contributed by atoms with Gasteiger partial charge in [-0.2, -0.15) is 0 Å². The summed E-state index contributed by atoms with van der Waals surface area (Å²) in [4.78, 5) is 52.8. The fourth-order valence-electron chi connectivity index (χ4n) is 5.52. The van der Waals surface area contributed by atoms with Crippen LogP contribution < -0.4 is 16.1 Å². The molecule has 0 unspecified atom stereocenters. The van der Waals surface area contributed by atoms with E-state index in [9.17, 15) is 37.5 Å². The van der Waals surface area contributed by atoms with Crippen LogP contribution in [0.25, 0.3) is 0 Å². The first kappa shape index (κ1) is 23.9. The fraction of sp³-hybridized carbons (Fsp3) is 0.417. The number of nitrogens with one attached hydrogen (secondary N) is 2. The van der Waals surface area contributed by atoms with Gasteiger partial charge >= 0.3 is 0 Å². The molecule has 2 saturated heterocycles. The third kappa shape index (κ3) is 3.62. The quantitative estimate of drug-likeness (QED) is 0.588. The molecule has 2 aromatic rings. The minimum absolute atomic E-state index is 0.152. The van der Waals surface area contributed by atoms with E-state index in [0.717, 1.165) is 6.20 Å². The predicted molar refractivity (Wildman–Crippen MR) is 119 cm³/mol. The molecular weight excluding hydrogens is 481 g/mol. The highest BCUT2D eigenvalue weighted by molar-refractivity contribution is 5.99. The van der Waals surface area contributed by atoms with Crippen molar-refractivity contribution in [2.75, 3.05) is 6.54 Å². The van der Waals surface area contributed by atoms with Crippen molar-refractivity contribution in [3.63, 3.8) is 0 Å². The molecular formula is C24H23F3N4O5. The maximum Gasteiger partial charge on any atom is 0.274 e. The molecule has 2 fully saturated rings. The van der Waals surface area contributed by atoms with Gasteiger partial charge in [0, 0.05) is 49.4 Å². The van der Waals surface area contributed by atoms with Crippen LogP contribution in [0, 0.1) is 17.5 Å². The molecule has 0 aliphatic carbocycles. The second-order valence-corrected chi connectivity index (χ2v) is 9.57. The van der Waals surface area contributed by atoms with E-state index in [0.29, 0.717) is 31.4 Å². The number of hydrogen-bond acceptors (Lipinski definition) is 5. The number of amides is 3. The lowest BCUT2D eigenvalue weighted by molar-refractivity contribution is -0.120. The minimum atomic E-state index is -1.21. The van der Waals surface area contributed by atoms with Gasteiger partial charge in [0.15, 0.2) is 11.4 Å². The van der Waals surface area contributed by atoms with Crippen molar-refractivity contribution < 1.29 is 32.7 Å². The normalized spacial score (nSPS) is 24.9. The number of carbonyl (C=O) groups is 3. The lowest BCUT2D eigenvalue weighted by atomic mass is 9.83. The number of halogens is 3. The van der Waals surface area contributed by atoms with Crippen molar-refractivity contribution in [1.82, 2.24) is 20.1 Å². The lowest BCUT2D eigenvalue weighted by Crippen LogP contribution is -2.55. The number of fused-ring (bicyclic) bond motifs is 5. The highest BCUT2D eigenvalue weighted by Gasteiger charge is 2.52. The van der Waals surface area contributed by atoms with Gasteiger partial charge in [0.1, 0.15) is 23.0 Å². The smallest absolute Gasteiger partial charge is 0.274 e. The van der Waals surface area contributed by atoms with E-state index >= 15 is 0 Å². The van der Waals surface area contributed by atoms with Crippen LogP contribution in [-0.2, 0) is 11.3 Å². The first-order valence-electron chi connectivity index (χ1n) is 11.5. The minimum Gasteiger partial charge on any atom is -0.503 e. The van der Waals surface area contributed by atoms with Gasteiger partial charge in [-0.3, -0.25) is 19.2 Å². The maximum atomic E-state index is 14.0. The molecule has 0 radical (unpaired) electrons. The molecule has 3 aliphatic rings. The summed E-state index contributed by atoms with van der Waals surface area (Å²) in [5.74, 6) is -6.24. The Balaban J connectivity index is 1.55. The molecule has 2 bridgehead atoms. The Kier molecular flexibility index (Phi) is 5.56. The Morgan fingerprint density at radius 1 is 1.19 bits per heavy atom. The molecule has 3 N–H and O–H groups in total. The standard InChI is InChI=1S/C24H23F3N4O5/c1-11-2-4-24(5-3-18(32)29-24)17-10-30(11)23(36)19-21(34)20(33)14(9-31(17)19)22(35)28-8-13-15(26)6-12(25)7-16(13)27/h6-7,9,11,17,34H,2-5,8,10H2,1H3,(H,28,35)(H,29,32)/t11-,17+,24-/m0/s1. The lowest BCUT2D eigenvalue weighted by Gasteiger charge is -2.43. The Labute approximate surface area is 202 Å². The average molecular weight is 504 g/mol. The number of benzene rings is 1. The number of nitrogens with zero attached hydrogens (tertiary/aromatic N) is 2. The van der Waals surface area contributed by atoms with E-state index < -0.39 is 69.7 Å². The van der Waals surface area contributed by atoms with Crippen LogP contribution in [0.3, 0.4) is 0 Å². The topological polar surface area (TPSA) is 121 Å². The van der Waals surface area contributed by atoms with Crippen molar-refractivity contribution in [3.05, 3.63) is 62.8 Å². The fourth-order valence-corrected chi connectivity index (χ4v) is 5.52. The van der Waals surface area contributed by atoms with Crippen LogP contribution in [-0.4, -0.2) is 50.4 Å². The SMILES string of the molecule is C[C@H]1CC[C@]2(CCC(=O)N2)[C@H]2CN1C(=O)c1c(O)c(=O)c(C(=O)NCc3c(F)cc(F)cc3F)cn12. The van der Waals surface area contributed by atoms with Gasteiger partial charge in [0.2, 0.25) is 11.3 Å². The molecule has 190 valence electrons. The van der Waals surface area contributed by atoms with Crippen LogP contribution in [0.4, 0.5) is 13.2 Å². The number of aromatic hydroxyl groups is 1. The molecule has 36 heavy (non-hydrogen) atoms. The highest BCUT2D eigenvalue weighted by Crippen LogP contribution is 2.44. The van der Waals surface area contributed by atoms with Gasteiger partial charge in [-0.05, 0) is 26.2 Å². The molecule has 3 atom stereocenters. The third-order valence-corrected chi connectivity index (χ3v) is 7.52. The molecule has 1 aromatic heterocycles. The van der Waals surface area contributed by atoms with Crippen molar-refractivity contribution in [1.29, 1.82) is 0 Å². The zero-order valence-corrected chi connectivity index (χ0v) is 19.2. The largest absolute Gasteiger partial charge is 0.503 e. The van der Waals surface area contributed by atoms with E-state index in [-0.39, 0.29) is 30.6 Å². The number of carbonyl (C=O) groups excluding carboxylic acids is 3. The molecule has 1 aromatic carbocycles. The van der Waals surface area contributed by atoms with Crippen LogP contribution in [0.1, 0.15) is 65.1 Å². The Bertz CT molecular complexity index is 1350. The molecule has 1 spiro atoms. The van der Waals surface area contributed by atoms with E-state index in [1.165, 1.54) is 4.57 Å². The van der Waals surface area contributed by atoms with Gasteiger partial charge < -0.3 is 25.2 Å². The van der Waals surface area contributed by atoms with Crippen molar-refractivity contribution in [2.24, 2.45) is 0 Å². The zero-order valence-electron chi connectivity index (χ0n) is 19.2. The summed E-state index contributed by atoms with van der Waals surface area (Å²) < 4.78 is 42.5. The van der Waals surface area contributed by atoms with Gasteiger partial charge in [0.05, 0.1) is 11.6 Å². The van der Waals surface area contributed by atoms with E-state index in [1.54, 1.807) is 4.90 Å². The van der Waals surface area contributed by atoms with Crippen LogP contribution in [0.2, 0.25) is 0 Å². The number of rotatable bonds is 3. The molecule has 0 saturated carbocycles. The van der Waals surface area contributed by atoms with E-state index in [4.69, 9.17) is 0 Å².